The third-order valence-electron chi connectivity index (χ3n) is 5.16. The van der Waals surface area contributed by atoms with Crippen molar-refractivity contribution in [1.29, 1.82) is 0 Å². The SMILES string of the molecule is COc1ccc(CNC(=O)c2ccc(OC)c(S(=O)(=O)NCCc3ccccc3)c2)cc1OC. The lowest BCUT2D eigenvalue weighted by molar-refractivity contribution is 0.0950. The summed E-state index contributed by atoms with van der Waals surface area (Å²) in [5.74, 6) is 0.873. The molecule has 0 heterocycles. The van der Waals surface area contributed by atoms with E-state index in [-0.39, 0.29) is 29.3 Å². The summed E-state index contributed by atoms with van der Waals surface area (Å²) in [6.45, 7) is 0.438. The van der Waals surface area contributed by atoms with Crippen LogP contribution in [0.4, 0.5) is 0 Å². The quantitative estimate of drug-likeness (QED) is 0.433. The predicted octanol–water partition coefficient (Wildman–Crippen LogP) is 3.16. The van der Waals surface area contributed by atoms with Gasteiger partial charge in [0, 0.05) is 18.7 Å². The van der Waals surface area contributed by atoms with Gasteiger partial charge in [-0.3, -0.25) is 4.79 Å². The summed E-state index contributed by atoms with van der Waals surface area (Å²) in [4.78, 5) is 12.7. The highest BCUT2D eigenvalue weighted by molar-refractivity contribution is 7.89. The Bertz CT molecular complexity index is 1230. The summed E-state index contributed by atoms with van der Waals surface area (Å²) >= 11 is 0. The third-order valence-corrected chi connectivity index (χ3v) is 6.65. The average Bonchev–Trinajstić information content (AvgIpc) is 2.87. The van der Waals surface area contributed by atoms with Gasteiger partial charge in [0.05, 0.1) is 21.3 Å². The van der Waals surface area contributed by atoms with Crippen LogP contribution < -0.4 is 24.2 Å². The molecule has 180 valence electrons. The number of ether oxygens (including phenoxy) is 3. The molecule has 8 nitrogen and oxygen atoms in total. The van der Waals surface area contributed by atoms with Gasteiger partial charge in [0.1, 0.15) is 10.6 Å². The molecule has 0 fully saturated rings. The smallest absolute Gasteiger partial charge is 0.251 e. The summed E-state index contributed by atoms with van der Waals surface area (Å²) in [6, 6.07) is 19.2. The van der Waals surface area contributed by atoms with Crippen LogP contribution in [0.25, 0.3) is 0 Å². The number of hydrogen-bond donors (Lipinski definition) is 2. The lowest BCUT2D eigenvalue weighted by Gasteiger charge is -2.13. The Balaban J connectivity index is 1.71. The van der Waals surface area contributed by atoms with Gasteiger partial charge in [0.15, 0.2) is 11.5 Å². The highest BCUT2D eigenvalue weighted by Crippen LogP contribution is 2.28. The Morgan fingerprint density at radius 1 is 0.794 bits per heavy atom. The maximum atomic E-state index is 12.9. The Labute approximate surface area is 199 Å². The van der Waals surface area contributed by atoms with Crippen molar-refractivity contribution in [3.63, 3.8) is 0 Å². The third kappa shape index (κ3) is 6.27. The maximum absolute atomic E-state index is 12.9. The van der Waals surface area contributed by atoms with Crippen molar-refractivity contribution in [2.75, 3.05) is 27.9 Å². The molecule has 0 radical (unpaired) electrons. The molecule has 0 atom stereocenters. The first kappa shape index (κ1) is 25.1. The first-order chi connectivity index (χ1) is 16.4. The largest absolute Gasteiger partial charge is 0.495 e. The van der Waals surface area contributed by atoms with E-state index < -0.39 is 15.9 Å². The summed E-state index contributed by atoms with van der Waals surface area (Å²) in [7, 11) is 0.568. The van der Waals surface area contributed by atoms with Gasteiger partial charge in [0.2, 0.25) is 10.0 Å². The molecule has 0 aromatic heterocycles. The van der Waals surface area contributed by atoms with Crippen LogP contribution in [0.3, 0.4) is 0 Å². The zero-order valence-corrected chi connectivity index (χ0v) is 20.1. The molecule has 2 N–H and O–H groups in total. The van der Waals surface area contributed by atoms with Crippen molar-refractivity contribution in [2.24, 2.45) is 0 Å². The Hall–Kier alpha value is -3.56. The Morgan fingerprint density at radius 2 is 1.47 bits per heavy atom. The predicted molar refractivity (Wildman–Crippen MR) is 129 cm³/mol. The minimum absolute atomic E-state index is 0.0955. The molecule has 0 aliphatic rings. The number of benzene rings is 3. The fourth-order valence-corrected chi connectivity index (χ4v) is 4.58. The van der Waals surface area contributed by atoms with Crippen molar-refractivity contribution in [2.45, 2.75) is 17.9 Å². The molecule has 0 saturated heterocycles. The number of methoxy groups -OCH3 is 3. The minimum Gasteiger partial charge on any atom is -0.495 e. The van der Waals surface area contributed by atoms with Crippen LogP contribution in [0.2, 0.25) is 0 Å². The molecule has 3 aromatic rings. The van der Waals surface area contributed by atoms with E-state index >= 15 is 0 Å². The van der Waals surface area contributed by atoms with Gasteiger partial charge in [-0.25, -0.2) is 13.1 Å². The van der Waals surface area contributed by atoms with Crippen LogP contribution in [-0.2, 0) is 23.0 Å². The zero-order chi connectivity index (χ0) is 24.6. The van der Waals surface area contributed by atoms with Crippen LogP contribution in [0.1, 0.15) is 21.5 Å². The van der Waals surface area contributed by atoms with Crippen molar-refractivity contribution in [3.05, 3.63) is 83.4 Å². The lowest BCUT2D eigenvalue weighted by Crippen LogP contribution is -2.27. The second-order valence-electron chi connectivity index (χ2n) is 7.37. The van der Waals surface area contributed by atoms with Gasteiger partial charge in [-0.1, -0.05) is 36.4 Å². The molecule has 3 rings (SSSR count). The van der Waals surface area contributed by atoms with Gasteiger partial charge in [0.25, 0.3) is 5.91 Å². The van der Waals surface area contributed by atoms with Crippen LogP contribution in [0.5, 0.6) is 17.2 Å². The maximum Gasteiger partial charge on any atom is 0.251 e. The second kappa shape index (κ2) is 11.5. The highest BCUT2D eigenvalue weighted by Gasteiger charge is 2.21. The molecule has 3 aromatic carbocycles. The topological polar surface area (TPSA) is 103 Å². The van der Waals surface area contributed by atoms with Crippen LogP contribution in [0, 0.1) is 0 Å². The van der Waals surface area contributed by atoms with Crippen molar-refractivity contribution < 1.29 is 27.4 Å². The number of amides is 1. The summed E-state index contributed by atoms with van der Waals surface area (Å²) in [6.07, 6.45) is 0.536. The first-order valence-corrected chi connectivity index (χ1v) is 12.1. The molecular weight excluding hydrogens is 456 g/mol. The summed E-state index contributed by atoms with van der Waals surface area (Å²) < 4.78 is 44.2. The normalized spacial score (nSPS) is 11.0. The van der Waals surface area contributed by atoms with E-state index in [0.29, 0.717) is 17.9 Å². The Kier molecular flexibility index (Phi) is 8.50. The van der Waals surface area contributed by atoms with Crippen molar-refractivity contribution in [1.82, 2.24) is 10.0 Å². The molecule has 0 aliphatic heterocycles. The van der Waals surface area contributed by atoms with Crippen LogP contribution >= 0.6 is 0 Å². The van der Waals surface area contributed by atoms with E-state index in [1.807, 2.05) is 36.4 Å². The molecule has 0 bridgehead atoms. The molecule has 9 heteroatoms. The molecule has 34 heavy (non-hydrogen) atoms. The van der Waals surface area contributed by atoms with Gasteiger partial charge in [-0.05, 0) is 47.9 Å². The molecule has 0 saturated carbocycles. The van der Waals surface area contributed by atoms with Crippen molar-refractivity contribution in [3.8, 4) is 17.2 Å². The monoisotopic (exact) mass is 484 g/mol. The summed E-state index contributed by atoms with van der Waals surface area (Å²) in [5.41, 5.74) is 2.01. The first-order valence-electron chi connectivity index (χ1n) is 10.6. The van der Waals surface area contributed by atoms with E-state index in [4.69, 9.17) is 14.2 Å². The number of carbonyl (C=O) groups excluding carboxylic acids is 1. The summed E-state index contributed by atoms with van der Waals surface area (Å²) in [5, 5.41) is 2.79. The molecule has 1 amide bonds. The molecule has 0 spiro atoms. The molecular formula is C25H28N2O6S. The number of rotatable bonds is 11. The van der Waals surface area contributed by atoms with E-state index in [2.05, 4.69) is 10.0 Å². The standard InChI is InChI=1S/C25H28N2O6S/c1-31-21-11-9-19(15-23(21)33-3)17-26-25(28)20-10-12-22(32-2)24(16-20)34(29,30)27-14-13-18-7-5-4-6-8-18/h4-12,15-16,27H,13-14,17H2,1-3H3,(H,26,28). The second-order valence-corrected chi connectivity index (χ2v) is 9.11. The Morgan fingerprint density at radius 3 is 2.15 bits per heavy atom. The van der Waals surface area contributed by atoms with Gasteiger partial charge >= 0.3 is 0 Å². The van der Waals surface area contributed by atoms with Gasteiger partial charge in [-0.2, -0.15) is 0 Å². The van der Waals surface area contributed by atoms with E-state index in [0.717, 1.165) is 11.1 Å². The number of carbonyl (C=O) groups is 1. The average molecular weight is 485 g/mol. The van der Waals surface area contributed by atoms with Crippen molar-refractivity contribution >= 4 is 15.9 Å². The molecule has 0 aliphatic carbocycles. The fraction of sp³-hybridized carbons (Fsp3) is 0.240. The lowest BCUT2D eigenvalue weighted by atomic mass is 10.1. The molecule has 0 unspecified atom stereocenters. The minimum atomic E-state index is -3.90. The number of hydrogen-bond acceptors (Lipinski definition) is 6. The number of sulfonamides is 1. The highest BCUT2D eigenvalue weighted by atomic mass is 32.2. The van der Waals surface area contributed by atoms with Crippen LogP contribution in [-0.4, -0.2) is 42.2 Å². The zero-order valence-electron chi connectivity index (χ0n) is 19.3. The fourth-order valence-electron chi connectivity index (χ4n) is 3.36. The van der Waals surface area contributed by atoms with E-state index in [1.165, 1.54) is 32.4 Å². The van der Waals surface area contributed by atoms with Gasteiger partial charge in [-0.15, -0.1) is 0 Å². The van der Waals surface area contributed by atoms with E-state index in [9.17, 15) is 13.2 Å². The van der Waals surface area contributed by atoms with Crippen LogP contribution in [0.15, 0.2) is 71.6 Å². The van der Waals surface area contributed by atoms with E-state index in [1.54, 1.807) is 19.2 Å². The van der Waals surface area contributed by atoms with Gasteiger partial charge < -0.3 is 19.5 Å². The number of nitrogens with one attached hydrogen (secondary N) is 2.